The molecule has 3 rings (SSSR count). The Kier molecular flexibility index (Phi) is 6.39. The van der Waals surface area contributed by atoms with Gasteiger partial charge in [0.2, 0.25) is 5.90 Å². The van der Waals surface area contributed by atoms with Crippen molar-refractivity contribution in [3.05, 3.63) is 62.4 Å². The molecule has 0 N–H and O–H groups in total. The summed E-state index contributed by atoms with van der Waals surface area (Å²) in [7, 11) is 0. The van der Waals surface area contributed by atoms with Crippen LogP contribution in [-0.2, 0) is 9.53 Å². The number of nitrogens with zero attached hydrogens (tertiary/aromatic N) is 1. The Morgan fingerprint density at radius 1 is 1.18 bits per heavy atom. The van der Waals surface area contributed by atoms with E-state index in [2.05, 4.69) is 27.6 Å². The van der Waals surface area contributed by atoms with Gasteiger partial charge in [-0.1, -0.05) is 6.07 Å². The van der Waals surface area contributed by atoms with E-state index in [1.54, 1.807) is 6.08 Å². The molecule has 0 bridgehead atoms. The minimum Gasteiger partial charge on any atom is -0.490 e. The van der Waals surface area contributed by atoms with E-state index in [-0.39, 0.29) is 11.8 Å². The van der Waals surface area contributed by atoms with Gasteiger partial charge in [0.1, 0.15) is 0 Å². The molecule has 0 amide bonds. The molecule has 0 atom stereocenters. The molecule has 0 radical (unpaired) electrons. The van der Waals surface area contributed by atoms with Crippen molar-refractivity contribution in [3.8, 4) is 11.5 Å². The Labute approximate surface area is 178 Å². The van der Waals surface area contributed by atoms with E-state index >= 15 is 0 Å². The van der Waals surface area contributed by atoms with Gasteiger partial charge in [0.25, 0.3) is 0 Å². The van der Waals surface area contributed by atoms with Gasteiger partial charge in [-0.05, 0) is 97.8 Å². The lowest BCUT2D eigenvalue weighted by Crippen LogP contribution is -2.07. The number of carbonyl (C=O) groups excluding carboxylic acids is 1. The zero-order valence-corrected chi connectivity index (χ0v) is 18.4. The molecule has 0 unspecified atom stereocenters. The predicted octanol–water partition coefficient (Wildman–Crippen LogP) is 5.13. The second-order valence-corrected chi connectivity index (χ2v) is 7.77. The van der Waals surface area contributed by atoms with E-state index in [0.717, 1.165) is 20.3 Å². The Bertz CT molecular complexity index is 963. The Morgan fingerprint density at radius 3 is 2.64 bits per heavy atom. The van der Waals surface area contributed by atoms with Crippen molar-refractivity contribution in [3.63, 3.8) is 0 Å². The minimum absolute atomic E-state index is 0.0396. The molecule has 0 aromatic heterocycles. The van der Waals surface area contributed by atoms with Crippen LogP contribution < -0.4 is 9.47 Å². The lowest BCUT2D eigenvalue weighted by molar-refractivity contribution is -0.129. The molecular formula is C22H22INO4. The molecular weight excluding hydrogens is 469 g/mol. The normalized spacial score (nSPS) is 15.0. The SMILES string of the molecule is CCOc1cc(/C=C2\N=C(c3ccc(I)c(C)c3)OC2=O)ccc1OC(C)C. The summed E-state index contributed by atoms with van der Waals surface area (Å²) in [5.41, 5.74) is 2.93. The van der Waals surface area contributed by atoms with Gasteiger partial charge in [-0.15, -0.1) is 0 Å². The number of aliphatic imine (C=N–C) groups is 1. The van der Waals surface area contributed by atoms with Gasteiger partial charge in [0.05, 0.1) is 12.7 Å². The molecule has 0 fully saturated rings. The molecule has 1 aliphatic rings. The number of cyclic esters (lactones) is 1. The summed E-state index contributed by atoms with van der Waals surface area (Å²) in [6.07, 6.45) is 1.73. The van der Waals surface area contributed by atoms with Crippen LogP contribution in [0.2, 0.25) is 0 Å². The quantitative estimate of drug-likeness (QED) is 0.320. The van der Waals surface area contributed by atoms with Gasteiger partial charge in [-0.3, -0.25) is 0 Å². The third-order valence-corrected chi connectivity index (χ3v) is 5.17. The standard InChI is InChI=1S/C22H22INO4/c1-5-26-20-12-15(6-9-19(20)27-13(2)3)11-18-22(25)28-21(24-18)16-7-8-17(23)14(4)10-16/h6-13H,5H2,1-4H3/b18-11-. The first kappa shape index (κ1) is 20.4. The molecule has 1 heterocycles. The first-order valence-electron chi connectivity index (χ1n) is 9.10. The lowest BCUT2D eigenvalue weighted by Gasteiger charge is -2.14. The lowest BCUT2D eigenvalue weighted by atomic mass is 10.1. The van der Waals surface area contributed by atoms with E-state index < -0.39 is 5.97 Å². The predicted molar refractivity (Wildman–Crippen MR) is 118 cm³/mol. The molecule has 146 valence electrons. The third-order valence-electron chi connectivity index (χ3n) is 3.96. The average molecular weight is 491 g/mol. The summed E-state index contributed by atoms with van der Waals surface area (Å²) < 4.78 is 18.0. The topological polar surface area (TPSA) is 57.1 Å². The van der Waals surface area contributed by atoms with Crippen LogP contribution in [0.4, 0.5) is 0 Å². The van der Waals surface area contributed by atoms with Gasteiger partial charge < -0.3 is 14.2 Å². The minimum atomic E-state index is -0.466. The highest BCUT2D eigenvalue weighted by atomic mass is 127. The second kappa shape index (κ2) is 8.77. The fourth-order valence-corrected chi connectivity index (χ4v) is 3.04. The highest BCUT2D eigenvalue weighted by molar-refractivity contribution is 14.1. The Morgan fingerprint density at radius 2 is 1.96 bits per heavy atom. The first-order chi connectivity index (χ1) is 13.4. The number of halogens is 1. The van der Waals surface area contributed by atoms with Gasteiger partial charge in [0, 0.05) is 9.13 Å². The fraction of sp³-hybridized carbons (Fsp3) is 0.273. The number of hydrogen-bond acceptors (Lipinski definition) is 5. The molecule has 5 nitrogen and oxygen atoms in total. The molecule has 6 heteroatoms. The Hall–Kier alpha value is -2.35. The highest BCUT2D eigenvalue weighted by Gasteiger charge is 2.24. The number of carbonyl (C=O) groups is 1. The van der Waals surface area contributed by atoms with Crippen molar-refractivity contribution in [2.45, 2.75) is 33.8 Å². The summed E-state index contributed by atoms with van der Waals surface area (Å²) in [5, 5.41) is 0. The molecule has 1 aliphatic heterocycles. The highest BCUT2D eigenvalue weighted by Crippen LogP contribution is 2.31. The monoisotopic (exact) mass is 491 g/mol. The van der Waals surface area contributed by atoms with Crippen molar-refractivity contribution in [2.75, 3.05) is 6.61 Å². The molecule has 0 saturated carbocycles. The van der Waals surface area contributed by atoms with Crippen LogP contribution >= 0.6 is 22.6 Å². The maximum atomic E-state index is 12.3. The number of aryl methyl sites for hydroxylation is 1. The van der Waals surface area contributed by atoms with Gasteiger partial charge in [-0.25, -0.2) is 9.79 Å². The molecule has 28 heavy (non-hydrogen) atoms. The van der Waals surface area contributed by atoms with Crippen molar-refractivity contribution in [1.82, 2.24) is 0 Å². The van der Waals surface area contributed by atoms with Crippen LogP contribution in [0.15, 0.2) is 47.1 Å². The maximum Gasteiger partial charge on any atom is 0.363 e. The van der Waals surface area contributed by atoms with E-state index in [0.29, 0.717) is 24.0 Å². The largest absolute Gasteiger partial charge is 0.490 e. The third kappa shape index (κ3) is 4.73. The van der Waals surface area contributed by atoms with Crippen LogP contribution in [0.3, 0.4) is 0 Å². The molecule has 0 saturated heterocycles. The number of ether oxygens (including phenoxy) is 3. The number of benzene rings is 2. The summed E-state index contributed by atoms with van der Waals surface area (Å²) in [6, 6.07) is 11.4. The van der Waals surface area contributed by atoms with E-state index in [9.17, 15) is 4.79 Å². The van der Waals surface area contributed by atoms with Gasteiger partial charge in [0.15, 0.2) is 17.2 Å². The zero-order chi connectivity index (χ0) is 20.3. The summed E-state index contributed by atoms with van der Waals surface area (Å²) >= 11 is 2.27. The van der Waals surface area contributed by atoms with Crippen LogP contribution in [0, 0.1) is 10.5 Å². The number of esters is 1. The van der Waals surface area contributed by atoms with Crippen molar-refractivity contribution < 1.29 is 19.0 Å². The Balaban J connectivity index is 1.91. The van der Waals surface area contributed by atoms with Crippen molar-refractivity contribution >= 4 is 40.5 Å². The average Bonchev–Trinajstić information content (AvgIpc) is 3.00. The smallest absolute Gasteiger partial charge is 0.363 e. The summed E-state index contributed by atoms with van der Waals surface area (Å²) in [6.45, 7) is 8.37. The number of rotatable bonds is 6. The van der Waals surface area contributed by atoms with Crippen LogP contribution in [0.1, 0.15) is 37.5 Å². The second-order valence-electron chi connectivity index (χ2n) is 6.61. The van der Waals surface area contributed by atoms with Crippen LogP contribution in [-0.4, -0.2) is 24.6 Å². The summed E-state index contributed by atoms with van der Waals surface area (Å²) in [4.78, 5) is 16.7. The molecule has 2 aromatic rings. The van der Waals surface area contributed by atoms with Crippen molar-refractivity contribution in [1.29, 1.82) is 0 Å². The van der Waals surface area contributed by atoms with E-state index in [1.165, 1.54) is 0 Å². The fourth-order valence-electron chi connectivity index (χ4n) is 2.70. The molecule has 0 spiro atoms. The van der Waals surface area contributed by atoms with E-state index in [1.807, 2.05) is 64.1 Å². The maximum absolute atomic E-state index is 12.3. The molecule has 2 aromatic carbocycles. The number of hydrogen-bond donors (Lipinski definition) is 0. The van der Waals surface area contributed by atoms with Gasteiger partial charge >= 0.3 is 5.97 Å². The van der Waals surface area contributed by atoms with Gasteiger partial charge in [-0.2, -0.15) is 0 Å². The molecule has 0 aliphatic carbocycles. The van der Waals surface area contributed by atoms with Crippen molar-refractivity contribution in [2.24, 2.45) is 4.99 Å². The zero-order valence-electron chi connectivity index (χ0n) is 16.3. The van der Waals surface area contributed by atoms with Crippen LogP contribution in [0.5, 0.6) is 11.5 Å². The van der Waals surface area contributed by atoms with Crippen LogP contribution in [0.25, 0.3) is 6.08 Å². The summed E-state index contributed by atoms with van der Waals surface area (Å²) in [5.74, 6) is 1.16. The first-order valence-corrected chi connectivity index (χ1v) is 10.2. The van der Waals surface area contributed by atoms with E-state index in [4.69, 9.17) is 14.2 Å².